The van der Waals surface area contributed by atoms with Crippen LogP contribution < -0.4 is 14.8 Å². The number of carbonyl (C=O) groups excluding carboxylic acids is 1. The lowest BCUT2D eigenvalue weighted by Gasteiger charge is -2.34. The quantitative estimate of drug-likeness (QED) is 0.469. The van der Waals surface area contributed by atoms with E-state index in [1.165, 1.54) is 25.4 Å². The largest absolute Gasteiger partial charge is 0.501 e. The molecule has 4 rings (SSSR count). The van der Waals surface area contributed by atoms with Crippen molar-refractivity contribution in [3.05, 3.63) is 64.0 Å². The molecule has 1 aromatic carbocycles. The van der Waals surface area contributed by atoms with Gasteiger partial charge in [-0.3, -0.25) is 18.3 Å². The maximum atomic E-state index is 13.2. The number of ketones is 1. The van der Waals surface area contributed by atoms with Gasteiger partial charge in [0.05, 0.1) is 17.6 Å². The number of likely N-dealkylation sites (N-methyl/N-ethyl adjacent to an activating group) is 1. The number of Topliss-reactive ketones (excluding diaryl/α,β-unsaturated/α-hetero) is 1. The summed E-state index contributed by atoms with van der Waals surface area (Å²) >= 11 is 0. The number of aromatic hydroxyl groups is 1. The topological polar surface area (TPSA) is 116 Å². The van der Waals surface area contributed by atoms with Crippen LogP contribution in [-0.4, -0.2) is 80.1 Å². The number of hydrogen-bond acceptors (Lipinski definition) is 8. The van der Waals surface area contributed by atoms with Crippen LogP contribution in [0.3, 0.4) is 0 Å². The van der Waals surface area contributed by atoms with Crippen LogP contribution in [0.5, 0.6) is 5.75 Å². The highest BCUT2D eigenvalue weighted by Gasteiger charge is 2.25. The monoisotopic (exact) mass is 517 g/mol. The Bertz CT molecular complexity index is 1460. The zero-order valence-corrected chi connectivity index (χ0v) is 21.1. The highest BCUT2D eigenvalue weighted by atomic mass is 32.2. The second-order valence-corrected chi connectivity index (χ2v) is 11.0. The molecule has 0 aliphatic carbocycles. The predicted octanol–water partition coefficient (Wildman–Crippen LogP) is 1.50. The van der Waals surface area contributed by atoms with Gasteiger partial charge in [0, 0.05) is 45.8 Å². The van der Waals surface area contributed by atoms with Crippen LogP contribution in [0, 0.1) is 5.82 Å². The maximum Gasteiger partial charge on any atom is 0.300 e. The van der Waals surface area contributed by atoms with Gasteiger partial charge in [0.2, 0.25) is 15.8 Å². The average Bonchev–Trinajstić information content (AvgIpc) is 2.84. The second kappa shape index (κ2) is 9.86. The minimum Gasteiger partial charge on any atom is -0.501 e. The highest BCUT2D eigenvalue weighted by Crippen LogP contribution is 2.29. The Kier molecular flexibility index (Phi) is 7.01. The van der Waals surface area contributed by atoms with E-state index in [0.29, 0.717) is 24.3 Å². The molecule has 0 atom stereocenters. The fourth-order valence-corrected chi connectivity index (χ4v) is 4.56. The van der Waals surface area contributed by atoms with Gasteiger partial charge < -0.3 is 14.9 Å². The van der Waals surface area contributed by atoms with Crippen LogP contribution in [0.15, 0.2) is 41.3 Å². The molecule has 3 aromatic rings. The zero-order valence-electron chi connectivity index (χ0n) is 20.3. The number of carbonyl (C=O) groups is 1. The van der Waals surface area contributed by atoms with E-state index < -0.39 is 38.6 Å². The summed E-state index contributed by atoms with van der Waals surface area (Å²) in [5.41, 5.74) is 0.0464. The molecule has 12 heteroatoms. The van der Waals surface area contributed by atoms with Crippen LogP contribution in [0.2, 0.25) is 0 Å². The van der Waals surface area contributed by atoms with Crippen molar-refractivity contribution in [2.45, 2.75) is 12.8 Å². The summed E-state index contributed by atoms with van der Waals surface area (Å²) in [5, 5.41) is 10.6. The fraction of sp³-hybridized carbons (Fsp3) is 0.375. The average molecular weight is 518 g/mol. The van der Waals surface area contributed by atoms with Crippen LogP contribution in [0.25, 0.3) is 5.65 Å². The molecular weight excluding hydrogens is 489 g/mol. The minimum atomic E-state index is -3.74. The molecule has 0 unspecified atom stereocenters. The van der Waals surface area contributed by atoms with Crippen LogP contribution >= 0.6 is 0 Å². The SMILES string of the molecule is CN1CCN(c2cc(N(C)S(C)(=O)=O)c3nc(C(=O)CCc4ccc(F)cc4)c(O)c(=O)n3c2)CC1. The Morgan fingerprint density at radius 1 is 1.17 bits per heavy atom. The molecule has 1 N–H and O–H groups in total. The fourth-order valence-electron chi connectivity index (χ4n) is 4.07. The van der Waals surface area contributed by atoms with Gasteiger partial charge in [-0.05, 0) is 37.2 Å². The van der Waals surface area contributed by atoms with Crippen molar-refractivity contribution in [3.8, 4) is 5.75 Å². The van der Waals surface area contributed by atoms with Crippen LogP contribution in [0.1, 0.15) is 22.5 Å². The van der Waals surface area contributed by atoms with Crippen molar-refractivity contribution in [1.82, 2.24) is 14.3 Å². The number of aromatic nitrogens is 2. The molecule has 36 heavy (non-hydrogen) atoms. The summed E-state index contributed by atoms with van der Waals surface area (Å²) < 4.78 is 40.0. The molecule has 2 aromatic heterocycles. The second-order valence-electron chi connectivity index (χ2n) is 8.96. The lowest BCUT2D eigenvalue weighted by Crippen LogP contribution is -2.44. The molecule has 3 heterocycles. The van der Waals surface area contributed by atoms with E-state index in [-0.39, 0.29) is 24.2 Å². The molecule has 0 spiro atoms. The van der Waals surface area contributed by atoms with E-state index in [0.717, 1.165) is 28.1 Å². The summed E-state index contributed by atoms with van der Waals surface area (Å²) in [5.74, 6) is -1.79. The first kappa shape index (κ1) is 25.6. The maximum absolute atomic E-state index is 13.2. The van der Waals surface area contributed by atoms with E-state index in [1.54, 1.807) is 18.2 Å². The van der Waals surface area contributed by atoms with Gasteiger partial charge in [0.15, 0.2) is 17.1 Å². The van der Waals surface area contributed by atoms with Crippen molar-refractivity contribution < 1.29 is 22.7 Å². The first-order valence-electron chi connectivity index (χ1n) is 11.4. The summed E-state index contributed by atoms with van der Waals surface area (Å²) in [7, 11) is -0.394. The lowest BCUT2D eigenvalue weighted by molar-refractivity contribution is 0.0975. The van der Waals surface area contributed by atoms with Crippen molar-refractivity contribution in [1.29, 1.82) is 0 Å². The molecule has 0 bridgehead atoms. The van der Waals surface area contributed by atoms with E-state index in [9.17, 15) is 27.5 Å². The Morgan fingerprint density at radius 2 is 1.81 bits per heavy atom. The number of anilines is 2. The third-order valence-corrected chi connectivity index (χ3v) is 7.58. The minimum absolute atomic E-state index is 0.0614. The number of rotatable bonds is 7. The lowest BCUT2D eigenvalue weighted by atomic mass is 10.1. The van der Waals surface area contributed by atoms with Gasteiger partial charge in [-0.2, -0.15) is 0 Å². The first-order valence-corrected chi connectivity index (χ1v) is 13.2. The molecule has 1 fully saturated rings. The highest BCUT2D eigenvalue weighted by molar-refractivity contribution is 7.92. The Labute approximate surface area is 208 Å². The number of piperazine rings is 1. The Morgan fingerprint density at radius 3 is 2.42 bits per heavy atom. The van der Waals surface area contributed by atoms with E-state index in [4.69, 9.17) is 0 Å². The molecule has 192 valence electrons. The summed E-state index contributed by atoms with van der Waals surface area (Å²) in [6.45, 7) is 2.90. The van der Waals surface area contributed by atoms with Gasteiger partial charge in [-0.1, -0.05) is 12.1 Å². The number of pyridine rings is 1. The predicted molar refractivity (Wildman–Crippen MR) is 135 cm³/mol. The molecule has 10 nitrogen and oxygen atoms in total. The molecule has 0 amide bonds. The third-order valence-electron chi connectivity index (χ3n) is 6.39. The van der Waals surface area contributed by atoms with Gasteiger partial charge in [0.25, 0.3) is 0 Å². The molecule has 0 radical (unpaired) electrons. The number of halogens is 1. The van der Waals surface area contributed by atoms with E-state index in [2.05, 4.69) is 9.88 Å². The Balaban J connectivity index is 1.79. The van der Waals surface area contributed by atoms with Crippen molar-refractivity contribution >= 4 is 32.8 Å². The smallest absolute Gasteiger partial charge is 0.300 e. The molecule has 1 saturated heterocycles. The van der Waals surface area contributed by atoms with Gasteiger partial charge in [0.1, 0.15) is 5.82 Å². The molecular formula is C24H28FN5O5S. The van der Waals surface area contributed by atoms with Crippen molar-refractivity contribution in [2.24, 2.45) is 0 Å². The van der Waals surface area contributed by atoms with Crippen molar-refractivity contribution in [3.63, 3.8) is 0 Å². The zero-order chi connectivity index (χ0) is 26.2. The van der Waals surface area contributed by atoms with Crippen LogP contribution in [-0.2, 0) is 16.4 Å². The molecule has 1 aliphatic heterocycles. The number of fused-ring (bicyclic) bond motifs is 1. The van der Waals surface area contributed by atoms with E-state index >= 15 is 0 Å². The number of sulfonamides is 1. The molecule has 1 aliphatic rings. The number of benzene rings is 1. The van der Waals surface area contributed by atoms with Gasteiger partial charge >= 0.3 is 5.56 Å². The van der Waals surface area contributed by atoms with Gasteiger partial charge in [-0.25, -0.2) is 17.8 Å². The van der Waals surface area contributed by atoms with Gasteiger partial charge in [-0.15, -0.1) is 0 Å². The van der Waals surface area contributed by atoms with Crippen molar-refractivity contribution in [2.75, 3.05) is 55.7 Å². The summed E-state index contributed by atoms with van der Waals surface area (Å²) in [4.78, 5) is 34.5. The first-order chi connectivity index (χ1) is 17.0. The van der Waals surface area contributed by atoms with Crippen LogP contribution in [0.4, 0.5) is 15.8 Å². The Hall–Kier alpha value is -3.51. The summed E-state index contributed by atoms with van der Waals surface area (Å²) in [6, 6.07) is 7.28. The number of hydrogen-bond donors (Lipinski definition) is 1. The van der Waals surface area contributed by atoms with E-state index in [1.807, 2.05) is 11.9 Å². The third kappa shape index (κ3) is 5.19. The summed E-state index contributed by atoms with van der Waals surface area (Å²) in [6.07, 6.45) is 2.69. The normalized spacial score (nSPS) is 14.8. The molecule has 0 saturated carbocycles. The number of aryl methyl sites for hydroxylation is 1. The number of nitrogens with zero attached hydrogens (tertiary/aromatic N) is 5. The standard InChI is InChI=1S/C24H28FN5O5S/c1-27-10-12-29(13-11-27)18-14-19(28(2)36(3,34)35)23-26-21(22(32)24(33)30(23)15-18)20(31)9-6-16-4-7-17(25)8-5-16/h4-5,7-8,14-15,32H,6,9-13H2,1-3H3.